The summed E-state index contributed by atoms with van der Waals surface area (Å²) < 4.78 is 1.57. The molecule has 1 atom stereocenters. The first-order valence-electron chi connectivity index (χ1n) is 5.10. The molecule has 0 spiro atoms. The Hall–Kier alpha value is -1.88. The zero-order valence-electron chi connectivity index (χ0n) is 9.25. The lowest BCUT2D eigenvalue weighted by molar-refractivity contribution is 0.470. The van der Waals surface area contributed by atoms with E-state index in [4.69, 9.17) is 0 Å². The predicted octanol–water partition coefficient (Wildman–Crippen LogP) is 1.25. The molecule has 84 valence electrons. The minimum Gasteiger partial charge on any atom is -0.506 e. The van der Waals surface area contributed by atoms with Crippen LogP contribution in [0.2, 0.25) is 0 Å². The summed E-state index contributed by atoms with van der Waals surface area (Å²) in [5.74, 6) is 0.191. The van der Waals surface area contributed by atoms with Gasteiger partial charge in [-0.05, 0) is 26.1 Å². The molecular weight excluding hydrogens is 204 g/mol. The first-order chi connectivity index (χ1) is 7.72. The van der Waals surface area contributed by atoms with Gasteiger partial charge in [-0.1, -0.05) is 17.3 Å². The molecule has 5 nitrogen and oxygen atoms in total. The largest absolute Gasteiger partial charge is 0.506 e. The van der Waals surface area contributed by atoms with Crippen LogP contribution < -0.4 is 5.32 Å². The Kier molecular flexibility index (Phi) is 2.87. The van der Waals surface area contributed by atoms with Crippen LogP contribution in [-0.2, 0) is 0 Å². The monoisotopic (exact) mass is 218 g/mol. The molecule has 2 rings (SSSR count). The van der Waals surface area contributed by atoms with Crippen molar-refractivity contribution in [3.63, 3.8) is 0 Å². The number of aromatic hydroxyl groups is 1. The van der Waals surface area contributed by atoms with Gasteiger partial charge in [0.15, 0.2) is 0 Å². The number of para-hydroxylation sites is 2. The molecule has 5 heteroatoms. The quantitative estimate of drug-likeness (QED) is 0.814. The van der Waals surface area contributed by atoms with E-state index in [9.17, 15) is 5.11 Å². The van der Waals surface area contributed by atoms with Gasteiger partial charge in [0, 0.05) is 6.04 Å². The summed E-state index contributed by atoms with van der Waals surface area (Å²) in [5.41, 5.74) is 1.47. The lowest BCUT2D eigenvalue weighted by Crippen LogP contribution is -2.12. The number of benzene rings is 1. The molecule has 1 aromatic heterocycles. The second-order valence-electron chi connectivity index (χ2n) is 3.59. The van der Waals surface area contributed by atoms with Crippen molar-refractivity contribution in [2.24, 2.45) is 0 Å². The van der Waals surface area contributed by atoms with Crippen molar-refractivity contribution in [3.05, 3.63) is 36.2 Å². The van der Waals surface area contributed by atoms with Crippen LogP contribution in [0.1, 0.15) is 18.7 Å². The second kappa shape index (κ2) is 4.32. The smallest absolute Gasteiger partial charge is 0.141 e. The third kappa shape index (κ3) is 1.90. The van der Waals surface area contributed by atoms with Crippen molar-refractivity contribution in [2.75, 3.05) is 7.05 Å². The van der Waals surface area contributed by atoms with Gasteiger partial charge in [-0.15, -0.1) is 5.10 Å². The Labute approximate surface area is 93.7 Å². The van der Waals surface area contributed by atoms with Gasteiger partial charge in [0.25, 0.3) is 0 Å². The predicted molar refractivity (Wildman–Crippen MR) is 60.5 cm³/mol. The third-order valence-corrected chi connectivity index (χ3v) is 2.52. The molecule has 2 aromatic rings. The van der Waals surface area contributed by atoms with Crippen LogP contribution in [0.15, 0.2) is 30.5 Å². The number of nitrogens with zero attached hydrogens (tertiary/aromatic N) is 3. The van der Waals surface area contributed by atoms with E-state index in [1.165, 1.54) is 0 Å². The van der Waals surface area contributed by atoms with Crippen molar-refractivity contribution < 1.29 is 5.11 Å². The van der Waals surface area contributed by atoms with E-state index in [0.29, 0.717) is 5.69 Å². The Morgan fingerprint density at radius 2 is 2.12 bits per heavy atom. The minimum absolute atomic E-state index is 0.139. The number of phenols is 1. The normalized spacial score (nSPS) is 12.6. The van der Waals surface area contributed by atoms with Crippen LogP contribution in [0, 0.1) is 0 Å². The van der Waals surface area contributed by atoms with Gasteiger partial charge in [-0.2, -0.15) is 0 Å². The van der Waals surface area contributed by atoms with E-state index < -0.39 is 0 Å². The standard InChI is InChI=1S/C11H14N4O/c1-8(12-2)9-7-15(14-13-9)10-5-3-4-6-11(10)16/h3-8,12,16H,1-2H3. The molecular formula is C11H14N4O. The highest BCUT2D eigenvalue weighted by atomic mass is 16.3. The van der Waals surface area contributed by atoms with Crippen LogP contribution in [0.25, 0.3) is 5.69 Å². The van der Waals surface area contributed by atoms with Gasteiger partial charge in [0.2, 0.25) is 0 Å². The van der Waals surface area contributed by atoms with Crippen LogP contribution in [0.3, 0.4) is 0 Å². The molecule has 1 aromatic carbocycles. The average Bonchev–Trinajstić information content (AvgIpc) is 2.78. The SMILES string of the molecule is CNC(C)c1cn(-c2ccccc2O)nn1. The lowest BCUT2D eigenvalue weighted by atomic mass is 10.2. The molecule has 0 amide bonds. The molecule has 0 saturated heterocycles. The maximum absolute atomic E-state index is 9.66. The lowest BCUT2D eigenvalue weighted by Gasteiger charge is -2.04. The molecule has 0 aliphatic heterocycles. The number of hydrogen-bond acceptors (Lipinski definition) is 4. The van der Waals surface area contributed by atoms with Gasteiger partial charge < -0.3 is 10.4 Å². The third-order valence-electron chi connectivity index (χ3n) is 2.52. The molecule has 0 aliphatic carbocycles. The highest BCUT2D eigenvalue weighted by molar-refractivity contribution is 5.44. The Morgan fingerprint density at radius 1 is 1.38 bits per heavy atom. The summed E-state index contributed by atoms with van der Waals surface area (Å²) in [6, 6.07) is 7.17. The van der Waals surface area contributed by atoms with Crippen LogP contribution in [0.4, 0.5) is 0 Å². The van der Waals surface area contributed by atoms with Crippen LogP contribution >= 0.6 is 0 Å². The van der Waals surface area contributed by atoms with E-state index in [-0.39, 0.29) is 11.8 Å². The van der Waals surface area contributed by atoms with E-state index in [1.807, 2.05) is 20.0 Å². The molecule has 0 bridgehead atoms. The Balaban J connectivity index is 2.35. The first-order valence-corrected chi connectivity index (χ1v) is 5.10. The fraction of sp³-hybridized carbons (Fsp3) is 0.273. The zero-order valence-corrected chi connectivity index (χ0v) is 9.25. The average molecular weight is 218 g/mol. The summed E-state index contributed by atoms with van der Waals surface area (Å²) in [5, 5.41) is 20.8. The Morgan fingerprint density at radius 3 is 2.81 bits per heavy atom. The van der Waals surface area contributed by atoms with Gasteiger partial charge in [0.1, 0.15) is 11.4 Å². The molecule has 0 radical (unpaired) electrons. The van der Waals surface area contributed by atoms with Gasteiger partial charge in [-0.3, -0.25) is 0 Å². The van der Waals surface area contributed by atoms with Crippen molar-refractivity contribution >= 4 is 0 Å². The highest BCUT2D eigenvalue weighted by Crippen LogP contribution is 2.20. The van der Waals surface area contributed by atoms with E-state index in [0.717, 1.165) is 5.69 Å². The number of nitrogens with one attached hydrogen (secondary N) is 1. The fourth-order valence-corrected chi connectivity index (χ4v) is 1.40. The van der Waals surface area contributed by atoms with Gasteiger partial charge in [-0.25, -0.2) is 4.68 Å². The van der Waals surface area contributed by atoms with Gasteiger partial charge in [0.05, 0.1) is 11.9 Å². The minimum atomic E-state index is 0.139. The number of hydrogen-bond donors (Lipinski definition) is 2. The summed E-state index contributed by atoms with van der Waals surface area (Å²) in [7, 11) is 1.86. The summed E-state index contributed by atoms with van der Waals surface area (Å²) in [4.78, 5) is 0. The number of rotatable bonds is 3. The van der Waals surface area contributed by atoms with Gasteiger partial charge >= 0.3 is 0 Å². The number of phenolic OH excluding ortho intramolecular Hbond substituents is 1. The van der Waals surface area contributed by atoms with Crippen molar-refractivity contribution in [1.82, 2.24) is 20.3 Å². The highest BCUT2D eigenvalue weighted by Gasteiger charge is 2.10. The summed E-state index contributed by atoms with van der Waals surface area (Å²) >= 11 is 0. The molecule has 16 heavy (non-hydrogen) atoms. The van der Waals surface area contributed by atoms with Crippen molar-refractivity contribution in [1.29, 1.82) is 0 Å². The van der Waals surface area contributed by atoms with E-state index >= 15 is 0 Å². The van der Waals surface area contributed by atoms with Crippen molar-refractivity contribution in [2.45, 2.75) is 13.0 Å². The van der Waals surface area contributed by atoms with Crippen LogP contribution in [0.5, 0.6) is 5.75 Å². The topological polar surface area (TPSA) is 63.0 Å². The van der Waals surface area contributed by atoms with Crippen molar-refractivity contribution in [3.8, 4) is 11.4 Å². The number of aromatic nitrogens is 3. The zero-order chi connectivity index (χ0) is 11.5. The summed E-state index contributed by atoms with van der Waals surface area (Å²) in [6.07, 6.45) is 1.80. The first kappa shape index (κ1) is 10.6. The molecule has 0 fully saturated rings. The maximum atomic E-state index is 9.66. The fourth-order valence-electron chi connectivity index (χ4n) is 1.40. The molecule has 2 N–H and O–H groups in total. The maximum Gasteiger partial charge on any atom is 0.141 e. The molecule has 1 unspecified atom stereocenters. The Bertz CT molecular complexity index is 480. The second-order valence-corrected chi connectivity index (χ2v) is 3.59. The van der Waals surface area contributed by atoms with E-state index in [1.54, 1.807) is 29.1 Å². The summed E-state index contributed by atoms with van der Waals surface area (Å²) in [6.45, 7) is 2.00. The molecule has 0 aliphatic rings. The van der Waals surface area contributed by atoms with Crippen LogP contribution in [-0.4, -0.2) is 27.1 Å². The molecule has 1 heterocycles. The van der Waals surface area contributed by atoms with E-state index in [2.05, 4.69) is 15.6 Å². The molecule has 0 saturated carbocycles.